The number of benzene rings is 1. The number of nitrogens with zero attached hydrogens (tertiary/aromatic N) is 1. The minimum atomic E-state index is -4.89. The first-order valence-corrected chi connectivity index (χ1v) is 8.67. The van der Waals surface area contributed by atoms with Crippen molar-refractivity contribution in [3.63, 3.8) is 0 Å². The molecule has 0 fully saturated rings. The first-order valence-electron chi connectivity index (χ1n) is 7.14. The molecule has 142 valence electrons. The van der Waals surface area contributed by atoms with Gasteiger partial charge in [-0.05, 0) is 24.6 Å². The molecule has 1 aromatic carbocycles. The Hall–Kier alpha value is -1.74. The zero-order valence-electron chi connectivity index (χ0n) is 14.5. The van der Waals surface area contributed by atoms with Gasteiger partial charge in [-0.1, -0.05) is 0 Å². The highest BCUT2D eigenvalue weighted by atomic mass is 31.2. The maximum absolute atomic E-state index is 11.0. The van der Waals surface area contributed by atoms with E-state index in [1.807, 2.05) is 6.92 Å². The Balaban J connectivity index is 0.000000408. The molecule has 0 spiro atoms. The first-order chi connectivity index (χ1) is 11.2. The SMILES string of the molecule is C[N+](C)(C)CCO.Cc1cc(=O)oc2cc(O)ccc12.O=P([O-])(O)O. The third kappa shape index (κ3) is 12.3. The number of phenolic OH excluding ortho intramolecular Hbond substituents is 1. The molecule has 9 nitrogen and oxygen atoms in total. The van der Waals surface area contributed by atoms with E-state index in [0.717, 1.165) is 22.0 Å². The van der Waals surface area contributed by atoms with Gasteiger partial charge in [0.25, 0.3) is 7.82 Å². The molecule has 25 heavy (non-hydrogen) atoms. The van der Waals surface area contributed by atoms with Gasteiger partial charge in [0.1, 0.15) is 17.9 Å². The summed E-state index contributed by atoms with van der Waals surface area (Å²) in [4.78, 5) is 33.9. The standard InChI is InChI=1S/C10H8O3.C5H14NO.H3O4P/c1-6-4-10(12)13-9-5-7(11)2-3-8(6)9;1-6(2,3)4-5-7;1-5(2,3)4/h2-5,11H,1H3;7H,4-5H2,1-3H3;(H3,1,2,3,4)/q;+1;/p-1. The lowest BCUT2D eigenvalue weighted by Gasteiger charge is -2.21. The molecule has 10 heteroatoms. The molecule has 2 rings (SSSR count). The van der Waals surface area contributed by atoms with Crippen LogP contribution in [0.2, 0.25) is 0 Å². The molecule has 1 aromatic heterocycles. The first kappa shape index (κ1) is 23.3. The summed E-state index contributed by atoms with van der Waals surface area (Å²) >= 11 is 0. The maximum Gasteiger partial charge on any atom is 0.336 e. The third-order valence-electron chi connectivity index (χ3n) is 2.71. The van der Waals surface area contributed by atoms with E-state index in [1.165, 1.54) is 12.1 Å². The van der Waals surface area contributed by atoms with Gasteiger partial charge in [-0.3, -0.25) is 4.57 Å². The molecule has 4 N–H and O–H groups in total. The van der Waals surface area contributed by atoms with Crippen molar-refractivity contribution in [1.29, 1.82) is 0 Å². The average molecular weight is 377 g/mol. The lowest BCUT2D eigenvalue weighted by atomic mass is 10.1. The Morgan fingerprint density at radius 1 is 1.20 bits per heavy atom. The normalized spacial score (nSPS) is 11.2. The average Bonchev–Trinajstić information content (AvgIpc) is 2.34. The quantitative estimate of drug-likeness (QED) is 0.323. The van der Waals surface area contributed by atoms with Gasteiger partial charge >= 0.3 is 5.63 Å². The van der Waals surface area contributed by atoms with E-state index in [2.05, 4.69) is 21.1 Å². The molecule has 0 amide bonds. The van der Waals surface area contributed by atoms with Crippen LogP contribution in [0, 0.1) is 6.92 Å². The monoisotopic (exact) mass is 377 g/mol. The fourth-order valence-corrected chi connectivity index (χ4v) is 1.61. The Morgan fingerprint density at radius 2 is 1.72 bits per heavy atom. The van der Waals surface area contributed by atoms with E-state index >= 15 is 0 Å². The molecule has 0 radical (unpaired) electrons. The number of aliphatic hydroxyl groups is 1. The van der Waals surface area contributed by atoms with Crippen LogP contribution in [0.1, 0.15) is 5.56 Å². The fourth-order valence-electron chi connectivity index (χ4n) is 1.61. The van der Waals surface area contributed by atoms with Crippen LogP contribution in [0.4, 0.5) is 0 Å². The smallest absolute Gasteiger partial charge is 0.336 e. The third-order valence-corrected chi connectivity index (χ3v) is 2.71. The molecule has 0 bridgehead atoms. The highest BCUT2D eigenvalue weighted by Gasteiger charge is 2.02. The largest absolute Gasteiger partial charge is 0.756 e. The summed E-state index contributed by atoms with van der Waals surface area (Å²) in [6.45, 7) is 2.94. The van der Waals surface area contributed by atoms with Crippen LogP contribution >= 0.6 is 7.82 Å². The summed E-state index contributed by atoms with van der Waals surface area (Å²) < 4.78 is 14.5. The van der Waals surface area contributed by atoms with E-state index in [4.69, 9.17) is 33.9 Å². The molecule has 2 aromatic rings. The van der Waals surface area contributed by atoms with Gasteiger partial charge in [-0.2, -0.15) is 0 Å². The number of quaternary nitrogens is 1. The van der Waals surface area contributed by atoms with Crippen molar-refractivity contribution in [3.05, 3.63) is 40.2 Å². The van der Waals surface area contributed by atoms with Crippen LogP contribution in [-0.4, -0.2) is 58.8 Å². The molecule has 0 saturated heterocycles. The van der Waals surface area contributed by atoms with Gasteiger partial charge in [0.05, 0.1) is 27.7 Å². The number of fused-ring (bicyclic) bond motifs is 1. The lowest BCUT2D eigenvalue weighted by molar-refractivity contribution is -0.870. The Bertz CT molecular complexity index is 767. The second kappa shape index (κ2) is 9.67. The maximum atomic E-state index is 11.0. The summed E-state index contributed by atoms with van der Waals surface area (Å²) in [5.74, 6) is 0.0984. The molecule has 0 aliphatic carbocycles. The number of hydrogen-bond acceptors (Lipinski definition) is 6. The minimum absolute atomic E-state index is 0.0984. The van der Waals surface area contributed by atoms with Gasteiger partial charge in [0, 0.05) is 17.5 Å². The lowest BCUT2D eigenvalue weighted by Crippen LogP contribution is -2.36. The topological polar surface area (TPSA) is 151 Å². The number of likely N-dealkylation sites (N-methyl/N-ethyl adjacent to an activating group) is 1. The summed E-state index contributed by atoms with van der Waals surface area (Å²) in [7, 11) is 1.27. The molecule has 0 aliphatic heterocycles. The van der Waals surface area contributed by atoms with Crippen LogP contribution in [0.15, 0.2) is 33.5 Å². The summed E-state index contributed by atoms with van der Waals surface area (Å²) in [5.41, 5.74) is 0.881. The van der Waals surface area contributed by atoms with E-state index < -0.39 is 13.4 Å². The minimum Gasteiger partial charge on any atom is -0.756 e. The summed E-state index contributed by atoms with van der Waals surface area (Å²) in [5, 5.41) is 18.4. The Kier molecular flexibility index (Phi) is 8.99. The number of phosphoric acid groups is 1. The van der Waals surface area contributed by atoms with E-state index in [-0.39, 0.29) is 12.4 Å². The van der Waals surface area contributed by atoms with E-state index in [0.29, 0.717) is 5.58 Å². The van der Waals surface area contributed by atoms with E-state index in [9.17, 15) is 4.79 Å². The number of rotatable bonds is 2. The number of phenols is 1. The van der Waals surface area contributed by atoms with Crippen molar-refractivity contribution in [1.82, 2.24) is 0 Å². The molecule has 0 unspecified atom stereocenters. The Morgan fingerprint density at radius 3 is 2.12 bits per heavy atom. The Labute approximate surface area is 145 Å². The second-order valence-corrected chi connectivity index (χ2v) is 7.14. The van der Waals surface area contributed by atoms with Crippen molar-refractivity contribution >= 4 is 18.8 Å². The van der Waals surface area contributed by atoms with Crippen LogP contribution in [-0.2, 0) is 4.57 Å². The predicted molar refractivity (Wildman–Crippen MR) is 90.9 cm³/mol. The molecule has 0 saturated carbocycles. The second-order valence-electron chi connectivity index (χ2n) is 6.16. The van der Waals surface area contributed by atoms with Gasteiger partial charge < -0.3 is 33.8 Å². The number of hydrogen-bond donors (Lipinski definition) is 4. The zero-order valence-corrected chi connectivity index (χ0v) is 15.4. The zero-order chi connectivity index (χ0) is 19.8. The predicted octanol–water partition coefficient (Wildman–Crippen LogP) is -0.0687. The summed E-state index contributed by atoms with van der Waals surface area (Å²) in [6, 6.07) is 6.15. The van der Waals surface area contributed by atoms with Crippen molar-refractivity contribution in [3.8, 4) is 5.75 Å². The van der Waals surface area contributed by atoms with Gasteiger partial charge in [-0.15, -0.1) is 0 Å². The highest BCUT2D eigenvalue weighted by Crippen LogP contribution is 2.20. The number of aryl methyl sites for hydroxylation is 1. The van der Waals surface area contributed by atoms with Gasteiger partial charge in [0.15, 0.2) is 0 Å². The van der Waals surface area contributed by atoms with Crippen molar-refractivity contribution in [2.24, 2.45) is 0 Å². The van der Waals surface area contributed by atoms with Crippen molar-refractivity contribution < 1.29 is 38.4 Å². The number of aromatic hydroxyl groups is 1. The summed E-state index contributed by atoms with van der Waals surface area (Å²) in [6.07, 6.45) is 0. The molecular formula is C15H24NO8P. The van der Waals surface area contributed by atoms with Crippen LogP contribution in [0.5, 0.6) is 5.75 Å². The van der Waals surface area contributed by atoms with Crippen LogP contribution in [0.3, 0.4) is 0 Å². The van der Waals surface area contributed by atoms with Gasteiger partial charge in [-0.25, -0.2) is 4.79 Å². The number of aliphatic hydroxyl groups excluding tert-OH is 1. The highest BCUT2D eigenvalue weighted by molar-refractivity contribution is 7.43. The van der Waals surface area contributed by atoms with E-state index in [1.54, 1.807) is 12.1 Å². The molecule has 0 atom stereocenters. The van der Waals surface area contributed by atoms with Gasteiger partial charge in [0.2, 0.25) is 0 Å². The van der Waals surface area contributed by atoms with Crippen LogP contribution in [0.25, 0.3) is 11.0 Å². The molecular weight excluding hydrogens is 353 g/mol. The molecule has 1 heterocycles. The molecule has 0 aliphatic rings. The van der Waals surface area contributed by atoms with Crippen LogP contribution < -0.4 is 10.5 Å². The fraction of sp³-hybridized carbons (Fsp3) is 0.400. The van der Waals surface area contributed by atoms with Crippen molar-refractivity contribution in [2.45, 2.75) is 6.92 Å². The van der Waals surface area contributed by atoms with Crippen molar-refractivity contribution in [2.75, 3.05) is 34.3 Å².